The first-order chi connectivity index (χ1) is 8.92. The van der Waals surface area contributed by atoms with E-state index in [-0.39, 0.29) is 18.6 Å². The molecule has 1 aliphatic carbocycles. The van der Waals surface area contributed by atoms with Crippen molar-refractivity contribution in [1.82, 2.24) is 10.2 Å². The molecule has 6 heteroatoms. The highest BCUT2D eigenvalue weighted by atomic mass is 16.4. The van der Waals surface area contributed by atoms with Gasteiger partial charge in [0.05, 0.1) is 17.6 Å². The minimum absolute atomic E-state index is 0.196. The van der Waals surface area contributed by atoms with E-state index < -0.39 is 17.5 Å². The lowest BCUT2D eigenvalue weighted by atomic mass is 9.90. The van der Waals surface area contributed by atoms with E-state index in [9.17, 15) is 14.7 Å². The quantitative estimate of drug-likeness (QED) is 0.692. The molecule has 3 N–H and O–H groups in total. The summed E-state index contributed by atoms with van der Waals surface area (Å²) in [6, 6.07) is -0.450. The number of nitrogens with zero attached hydrogens (tertiary/aromatic N) is 1. The van der Waals surface area contributed by atoms with Gasteiger partial charge in [0, 0.05) is 13.1 Å². The summed E-state index contributed by atoms with van der Waals surface area (Å²) in [5.41, 5.74) is -0.845. The van der Waals surface area contributed by atoms with Crippen LogP contribution in [0.15, 0.2) is 0 Å². The fraction of sp³-hybridized carbons (Fsp3) is 0.846. The molecule has 0 radical (unpaired) electrons. The van der Waals surface area contributed by atoms with Gasteiger partial charge in [0.2, 0.25) is 0 Å². The van der Waals surface area contributed by atoms with Gasteiger partial charge in [-0.1, -0.05) is 12.8 Å². The lowest BCUT2D eigenvalue weighted by Crippen LogP contribution is -2.50. The summed E-state index contributed by atoms with van der Waals surface area (Å²) in [5, 5.41) is 21.8. The van der Waals surface area contributed by atoms with Crippen LogP contribution in [0.2, 0.25) is 0 Å². The first kappa shape index (κ1) is 14.1. The molecular weight excluding hydrogens is 248 g/mol. The highest BCUT2D eigenvalue weighted by Crippen LogP contribution is 2.30. The molecule has 0 aromatic carbocycles. The van der Waals surface area contributed by atoms with Crippen molar-refractivity contribution in [2.75, 3.05) is 13.1 Å². The Balaban J connectivity index is 1.89. The molecule has 2 rings (SSSR count). The number of carboxylic acids is 1. The van der Waals surface area contributed by atoms with Crippen LogP contribution in [-0.2, 0) is 4.79 Å². The van der Waals surface area contributed by atoms with Gasteiger partial charge in [-0.05, 0) is 26.2 Å². The zero-order valence-corrected chi connectivity index (χ0v) is 11.3. The van der Waals surface area contributed by atoms with Crippen molar-refractivity contribution in [2.24, 2.45) is 5.41 Å². The van der Waals surface area contributed by atoms with E-state index in [2.05, 4.69) is 5.32 Å². The van der Waals surface area contributed by atoms with E-state index in [4.69, 9.17) is 5.11 Å². The highest BCUT2D eigenvalue weighted by molar-refractivity contribution is 5.79. The Labute approximate surface area is 112 Å². The number of rotatable bonds is 2. The number of carbonyl (C=O) groups is 2. The number of urea groups is 1. The summed E-state index contributed by atoms with van der Waals surface area (Å²) in [5.74, 6) is -0.861. The van der Waals surface area contributed by atoms with Gasteiger partial charge in [-0.2, -0.15) is 0 Å². The fourth-order valence-electron chi connectivity index (χ4n) is 2.84. The molecule has 0 aromatic rings. The normalized spacial score (nSPS) is 35.2. The fourth-order valence-corrected chi connectivity index (χ4v) is 2.84. The first-order valence-electron chi connectivity index (χ1n) is 6.89. The van der Waals surface area contributed by atoms with Crippen LogP contribution in [0.25, 0.3) is 0 Å². The van der Waals surface area contributed by atoms with Crippen LogP contribution in [0.4, 0.5) is 4.79 Å². The van der Waals surface area contributed by atoms with Gasteiger partial charge in [0.25, 0.3) is 0 Å². The standard InChI is InChI=1S/C13H22N2O4/c1-13(11(17)18)6-7-15(8-13)12(19)14-9-4-2-3-5-10(9)16/h9-10,16H,2-8H2,1H3,(H,14,19)(H,17,18). The third-order valence-electron chi connectivity index (χ3n) is 4.32. The van der Waals surface area contributed by atoms with Crippen LogP contribution < -0.4 is 5.32 Å². The summed E-state index contributed by atoms with van der Waals surface area (Å²) in [7, 11) is 0. The molecule has 108 valence electrons. The van der Waals surface area contributed by atoms with Crippen molar-refractivity contribution < 1.29 is 19.8 Å². The smallest absolute Gasteiger partial charge is 0.317 e. The molecular formula is C13H22N2O4. The summed E-state index contributed by atoms with van der Waals surface area (Å²) in [6.07, 6.45) is 3.51. The van der Waals surface area contributed by atoms with E-state index in [1.165, 1.54) is 4.90 Å². The van der Waals surface area contributed by atoms with Crippen molar-refractivity contribution in [3.05, 3.63) is 0 Å². The van der Waals surface area contributed by atoms with Gasteiger partial charge in [0.15, 0.2) is 0 Å². The average molecular weight is 270 g/mol. The molecule has 1 aliphatic heterocycles. The molecule has 3 atom stereocenters. The Hall–Kier alpha value is -1.30. The summed E-state index contributed by atoms with van der Waals surface area (Å²) >= 11 is 0. The Kier molecular flexibility index (Phi) is 3.99. The van der Waals surface area contributed by atoms with Crippen molar-refractivity contribution in [1.29, 1.82) is 0 Å². The van der Waals surface area contributed by atoms with Crippen LogP contribution in [0, 0.1) is 5.41 Å². The van der Waals surface area contributed by atoms with E-state index in [0.717, 1.165) is 25.7 Å². The molecule has 1 saturated heterocycles. The molecule has 1 heterocycles. The molecule has 2 aliphatic rings. The number of hydrogen-bond acceptors (Lipinski definition) is 3. The average Bonchev–Trinajstić information content (AvgIpc) is 2.76. The number of amides is 2. The van der Waals surface area contributed by atoms with E-state index >= 15 is 0 Å². The summed E-state index contributed by atoms with van der Waals surface area (Å²) in [4.78, 5) is 24.8. The SMILES string of the molecule is CC1(C(=O)O)CCN(C(=O)NC2CCCCC2O)C1. The van der Waals surface area contributed by atoms with Gasteiger partial charge in [-0.25, -0.2) is 4.79 Å². The maximum Gasteiger partial charge on any atom is 0.317 e. The Morgan fingerprint density at radius 2 is 2.00 bits per heavy atom. The number of hydrogen-bond donors (Lipinski definition) is 3. The summed E-state index contributed by atoms with van der Waals surface area (Å²) in [6.45, 7) is 2.35. The zero-order valence-electron chi connectivity index (χ0n) is 11.3. The topological polar surface area (TPSA) is 89.9 Å². The number of aliphatic hydroxyl groups excluding tert-OH is 1. The number of carbonyl (C=O) groups excluding carboxylic acids is 1. The van der Waals surface area contributed by atoms with Gasteiger partial charge >= 0.3 is 12.0 Å². The predicted molar refractivity (Wildman–Crippen MR) is 68.7 cm³/mol. The number of aliphatic hydroxyl groups is 1. The second-order valence-electron chi connectivity index (χ2n) is 5.95. The van der Waals surface area contributed by atoms with Crippen LogP contribution in [0.5, 0.6) is 0 Å². The highest BCUT2D eigenvalue weighted by Gasteiger charge is 2.42. The molecule has 19 heavy (non-hydrogen) atoms. The second kappa shape index (κ2) is 5.36. The minimum Gasteiger partial charge on any atom is -0.481 e. The largest absolute Gasteiger partial charge is 0.481 e. The molecule has 2 amide bonds. The maximum atomic E-state index is 12.1. The van der Waals surface area contributed by atoms with Crippen LogP contribution in [0.3, 0.4) is 0 Å². The molecule has 6 nitrogen and oxygen atoms in total. The third-order valence-corrected chi connectivity index (χ3v) is 4.32. The van der Waals surface area contributed by atoms with E-state index in [0.29, 0.717) is 13.0 Å². The number of nitrogens with one attached hydrogen (secondary N) is 1. The van der Waals surface area contributed by atoms with Gasteiger partial charge in [-0.15, -0.1) is 0 Å². The monoisotopic (exact) mass is 270 g/mol. The Bertz CT molecular complexity index is 374. The van der Waals surface area contributed by atoms with Crippen LogP contribution in [0.1, 0.15) is 39.0 Å². The van der Waals surface area contributed by atoms with Crippen LogP contribution >= 0.6 is 0 Å². The molecule has 0 bridgehead atoms. The third kappa shape index (κ3) is 3.00. The molecule has 2 fully saturated rings. The Morgan fingerprint density at radius 1 is 1.32 bits per heavy atom. The molecule has 0 aromatic heterocycles. The molecule has 3 unspecified atom stereocenters. The van der Waals surface area contributed by atoms with Crippen molar-refractivity contribution in [3.63, 3.8) is 0 Å². The lowest BCUT2D eigenvalue weighted by molar-refractivity contribution is -0.147. The lowest BCUT2D eigenvalue weighted by Gasteiger charge is -2.30. The molecule has 0 spiro atoms. The minimum atomic E-state index is -0.861. The van der Waals surface area contributed by atoms with Crippen LogP contribution in [-0.4, -0.2) is 52.3 Å². The van der Waals surface area contributed by atoms with Crippen molar-refractivity contribution in [3.8, 4) is 0 Å². The number of likely N-dealkylation sites (tertiary alicyclic amines) is 1. The number of carboxylic acid groups (broad SMARTS) is 1. The van der Waals surface area contributed by atoms with Gasteiger partial charge in [0.1, 0.15) is 0 Å². The van der Waals surface area contributed by atoms with Gasteiger partial charge in [-0.3, -0.25) is 4.79 Å². The predicted octanol–water partition coefficient (Wildman–Crippen LogP) is 0.796. The second-order valence-corrected chi connectivity index (χ2v) is 5.95. The van der Waals surface area contributed by atoms with Crippen molar-refractivity contribution in [2.45, 2.75) is 51.2 Å². The Morgan fingerprint density at radius 3 is 2.58 bits per heavy atom. The zero-order chi connectivity index (χ0) is 14.0. The number of aliphatic carboxylic acids is 1. The maximum absolute atomic E-state index is 12.1. The van der Waals surface area contributed by atoms with Crippen molar-refractivity contribution >= 4 is 12.0 Å². The van der Waals surface area contributed by atoms with Gasteiger partial charge < -0.3 is 20.4 Å². The van der Waals surface area contributed by atoms with E-state index in [1.807, 2.05) is 0 Å². The van der Waals surface area contributed by atoms with E-state index in [1.54, 1.807) is 6.92 Å². The first-order valence-corrected chi connectivity index (χ1v) is 6.89. The molecule has 1 saturated carbocycles. The summed E-state index contributed by atoms with van der Waals surface area (Å²) < 4.78 is 0.